The molecule has 0 aromatic heterocycles. The van der Waals surface area contributed by atoms with Crippen molar-refractivity contribution in [3.8, 4) is 33.8 Å². The second kappa shape index (κ2) is 14.9. The van der Waals surface area contributed by atoms with Gasteiger partial charge in [-0.15, -0.1) is 0 Å². The molecule has 4 atom stereocenters. The molecule has 0 saturated heterocycles. The number of aromatic hydroxyl groups is 2. The molecule has 2 nitrogen and oxygen atoms in total. The Morgan fingerprint density at radius 3 is 1.29 bits per heavy atom. The number of rotatable bonds is 6. The molecule has 2 N–H and O–H groups in total. The third kappa shape index (κ3) is 8.35. The summed E-state index contributed by atoms with van der Waals surface area (Å²) in [7, 11) is 0.583. The zero-order valence-electron chi connectivity index (χ0n) is 31.0. The fourth-order valence-electron chi connectivity index (χ4n) is 7.32. The SMILES string of the molecule is Cc1ccc(-c2cc(C(C)(C)C)cc(C[S]3=[Ti]=[S](Cc4cc(C(C)(C)C)cc(-c5ccc(C)cc5)c4O)[C@H]4CCCCCCC43)c2O)cc1. The molecule has 6 rings (SSSR count). The van der Waals surface area contributed by atoms with Crippen LogP contribution in [0.5, 0.6) is 11.5 Å². The van der Waals surface area contributed by atoms with Crippen molar-refractivity contribution in [2.75, 3.05) is 0 Å². The molecule has 4 aromatic rings. The average molecular weight is 729 g/mol. The van der Waals surface area contributed by atoms with Crippen LogP contribution in [-0.4, -0.2) is 20.7 Å². The minimum atomic E-state index is -0.309. The van der Waals surface area contributed by atoms with E-state index in [2.05, 4.69) is 128 Å². The predicted molar refractivity (Wildman–Crippen MR) is 212 cm³/mol. The molecule has 0 bridgehead atoms. The maximum atomic E-state index is 11.9. The first-order valence-electron chi connectivity index (χ1n) is 18.2. The van der Waals surface area contributed by atoms with Crippen LogP contribution in [0, 0.1) is 13.8 Å². The molecule has 1 aliphatic heterocycles. The van der Waals surface area contributed by atoms with Crippen LogP contribution in [0.25, 0.3) is 22.3 Å². The standard InChI is InChI=1S/C44H56O2S2.Ti/c1-29-15-19-31(20-16-29)37-25-35(43(3,4)5)23-33(41(37)45)27-47-39-13-11-9-10-12-14-40(39)48-28-34-24-36(44(6,7)8)26-38(42(34)46)32-21-17-30(2)18-22-32;/h15-26,39-40,45-46H,9-14,27-28H2,1-8H3;/t39-,40?;/m0./s1. The van der Waals surface area contributed by atoms with Gasteiger partial charge in [-0.3, -0.25) is 0 Å². The Labute approximate surface area is 306 Å². The Hall–Kier alpha value is -2.11. The van der Waals surface area contributed by atoms with Crippen LogP contribution in [-0.2, 0) is 37.8 Å². The number of benzene rings is 4. The number of fused-ring (bicyclic) bond motifs is 1. The maximum absolute atomic E-state index is 11.9. The normalized spacial score (nSPS) is 21.3. The summed E-state index contributed by atoms with van der Waals surface area (Å²) in [6.07, 6.45) is 8.02. The molecule has 0 spiro atoms. The first kappa shape index (κ1) is 36.7. The molecule has 260 valence electrons. The van der Waals surface area contributed by atoms with Gasteiger partial charge >= 0.3 is 308 Å². The van der Waals surface area contributed by atoms with Crippen molar-refractivity contribution >= 4 is 15.9 Å². The second-order valence-electron chi connectivity index (χ2n) is 16.6. The van der Waals surface area contributed by atoms with E-state index in [-0.39, 0.29) is 26.3 Å². The molecule has 0 radical (unpaired) electrons. The van der Waals surface area contributed by atoms with Crippen LogP contribution in [0.3, 0.4) is 0 Å². The molecule has 49 heavy (non-hydrogen) atoms. The van der Waals surface area contributed by atoms with Crippen molar-refractivity contribution in [1.29, 1.82) is 0 Å². The Bertz CT molecular complexity index is 1770. The van der Waals surface area contributed by atoms with E-state index >= 15 is 0 Å². The Balaban J connectivity index is 1.46. The van der Waals surface area contributed by atoms with Crippen LogP contribution in [0.1, 0.15) is 113 Å². The van der Waals surface area contributed by atoms with Crippen molar-refractivity contribution in [1.82, 2.24) is 0 Å². The fraction of sp³-hybridized carbons (Fsp3) is 0.455. The number of phenols is 2. The van der Waals surface area contributed by atoms with Gasteiger partial charge in [-0.05, 0) is 0 Å². The molecule has 1 saturated carbocycles. The number of aryl methyl sites for hydroxylation is 2. The molecule has 1 fully saturated rings. The first-order valence-corrected chi connectivity index (χ1v) is 25.0. The quantitative estimate of drug-likeness (QED) is 0.194. The Kier molecular flexibility index (Phi) is 11.1. The van der Waals surface area contributed by atoms with Gasteiger partial charge < -0.3 is 0 Å². The summed E-state index contributed by atoms with van der Waals surface area (Å²) in [5.41, 5.74) is 11.5. The summed E-state index contributed by atoms with van der Waals surface area (Å²) in [5.74, 6) is 2.98. The molecule has 5 heteroatoms. The molecule has 2 aliphatic rings. The van der Waals surface area contributed by atoms with E-state index in [1.54, 1.807) is 0 Å². The topological polar surface area (TPSA) is 40.5 Å². The average Bonchev–Trinajstić information content (AvgIpc) is 3.32. The minimum absolute atomic E-state index is 0.00518. The zero-order valence-corrected chi connectivity index (χ0v) is 34.1. The van der Waals surface area contributed by atoms with Gasteiger partial charge in [0.1, 0.15) is 0 Å². The van der Waals surface area contributed by atoms with Gasteiger partial charge in [0.05, 0.1) is 0 Å². The Morgan fingerprint density at radius 1 is 0.571 bits per heavy atom. The van der Waals surface area contributed by atoms with Gasteiger partial charge in [0.15, 0.2) is 0 Å². The van der Waals surface area contributed by atoms with Crippen molar-refractivity contribution in [3.63, 3.8) is 0 Å². The van der Waals surface area contributed by atoms with E-state index in [0.717, 1.165) is 55.4 Å². The van der Waals surface area contributed by atoms with E-state index in [4.69, 9.17) is 0 Å². The van der Waals surface area contributed by atoms with Crippen LogP contribution in [0.4, 0.5) is 0 Å². The van der Waals surface area contributed by atoms with Crippen molar-refractivity contribution in [2.24, 2.45) is 0 Å². The van der Waals surface area contributed by atoms with E-state index in [1.165, 1.54) is 60.8 Å². The molecule has 4 aromatic carbocycles. The molecule has 1 heterocycles. The van der Waals surface area contributed by atoms with Crippen LogP contribution < -0.4 is 0 Å². The van der Waals surface area contributed by atoms with E-state index in [0.29, 0.717) is 27.4 Å². The molecule has 0 amide bonds. The summed E-state index contributed by atoms with van der Waals surface area (Å²) in [6.45, 7) is 18.0. The van der Waals surface area contributed by atoms with Gasteiger partial charge in [0.25, 0.3) is 0 Å². The van der Waals surface area contributed by atoms with Crippen molar-refractivity contribution < 1.29 is 25.7 Å². The number of hydrogen-bond acceptors (Lipinski definition) is 2. The van der Waals surface area contributed by atoms with E-state index in [1.807, 2.05) is 0 Å². The summed E-state index contributed by atoms with van der Waals surface area (Å²) in [5, 5.41) is 25.4. The van der Waals surface area contributed by atoms with Crippen molar-refractivity contribution in [2.45, 2.75) is 127 Å². The van der Waals surface area contributed by atoms with Gasteiger partial charge in [0.2, 0.25) is 0 Å². The second-order valence-corrected chi connectivity index (χ2v) is 28.0. The molecule has 1 aliphatic carbocycles. The molecular weight excluding hydrogens is 672 g/mol. The van der Waals surface area contributed by atoms with Gasteiger partial charge in [-0.1, -0.05) is 0 Å². The van der Waals surface area contributed by atoms with E-state index in [9.17, 15) is 10.2 Å². The monoisotopic (exact) mass is 728 g/mol. The van der Waals surface area contributed by atoms with E-state index < -0.39 is 0 Å². The van der Waals surface area contributed by atoms with Gasteiger partial charge in [0, 0.05) is 0 Å². The van der Waals surface area contributed by atoms with Crippen molar-refractivity contribution in [3.05, 3.63) is 106 Å². The van der Waals surface area contributed by atoms with Gasteiger partial charge in [-0.2, -0.15) is 0 Å². The third-order valence-corrected chi connectivity index (χ3v) is 26.5. The summed E-state index contributed by atoms with van der Waals surface area (Å²) in [4.78, 5) is 0. The summed E-state index contributed by atoms with van der Waals surface area (Å²) < 4.78 is 0. The first-order chi connectivity index (χ1) is 23.2. The fourth-order valence-corrected chi connectivity index (χ4v) is 28.1. The molecule has 3 unspecified atom stereocenters. The van der Waals surface area contributed by atoms with Gasteiger partial charge in [-0.25, -0.2) is 0 Å². The predicted octanol–water partition coefficient (Wildman–Crippen LogP) is 12.9. The van der Waals surface area contributed by atoms with Crippen LogP contribution in [0.2, 0.25) is 0 Å². The van der Waals surface area contributed by atoms with Crippen LogP contribution >= 0.6 is 15.9 Å². The number of phenolic OH excluding ortho intramolecular Hbond substituents is 2. The number of hydrogen-bond donors (Lipinski definition) is 2. The Morgan fingerprint density at radius 2 is 0.939 bits per heavy atom. The summed E-state index contributed by atoms with van der Waals surface area (Å²) in [6, 6.07) is 26.4. The summed E-state index contributed by atoms with van der Waals surface area (Å²) >= 11 is -0.309. The van der Waals surface area contributed by atoms with Crippen LogP contribution in [0.15, 0.2) is 72.8 Å². The zero-order chi connectivity index (χ0) is 35.1. The third-order valence-electron chi connectivity index (χ3n) is 10.5. The molecular formula is C44H56O2S2Ti.